The van der Waals surface area contributed by atoms with Gasteiger partial charge in [-0.1, -0.05) is 40.9 Å². The first-order chi connectivity index (χ1) is 14.6. The maximum atomic E-state index is 12.4. The molecule has 0 spiro atoms. The second-order valence-electron chi connectivity index (χ2n) is 6.20. The highest BCUT2D eigenvalue weighted by Gasteiger charge is 2.35. The fraction of sp³-hybridized carbons (Fsp3) is 0.188. The first-order valence-electron chi connectivity index (χ1n) is 8.40. The van der Waals surface area contributed by atoms with E-state index >= 15 is 0 Å². The summed E-state index contributed by atoms with van der Waals surface area (Å²) in [7, 11) is 0. The fourth-order valence-corrected chi connectivity index (χ4v) is 3.44. The minimum atomic E-state index is -0.988. The van der Waals surface area contributed by atoms with Gasteiger partial charge in [0.05, 0.1) is 16.6 Å². The molecule has 0 fully saturated rings. The molecule has 1 amide bonds. The van der Waals surface area contributed by atoms with E-state index in [-0.39, 0.29) is 23.1 Å². The lowest BCUT2D eigenvalue weighted by molar-refractivity contribution is -0.424. The van der Waals surface area contributed by atoms with Crippen molar-refractivity contribution in [2.45, 2.75) is 20.0 Å². The smallest absolute Gasteiger partial charge is 0.358 e. The van der Waals surface area contributed by atoms with Crippen molar-refractivity contribution in [2.24, 2.45) is 0 Å². The Morgan fingerprint density at radius 1 is 1.10 bits per heavy atom. The highest BCUT2D eigenvalue weighted by molar-refractivity contribution is 6.36. The molecule has 162 valence electrons. The van der Waals surface area contributed by atoms with Crippen molar-refractivity contribution in [3.63, 3.8) is 0 Å². The van der Waals surface area contributed by atoms with Gasteiger partial charge in [-0.2, -0.15) is 9.78 Å². The van der Waals surface area contributed by atoms with Gasteiger partial charge in [0.1, 0.15) is 17.3 Å². The number of nitrogens with one attached hydrogen (secondary N) is 1. The normalized spacial score (nSPS) is 10.8. The molecule has 0 saturated heterocycles. The van der Waals surface area contributed by atoms with Crippen LogP contribution in [0.4, 0.5) is 17.3 Å². The molecule has 3 rings (SSSR count). The van der Waals surface area contributed by atoms with Crippen molar-refractivity contribution in [3.8, 4) is 0 Å². The number of hydrogen-bond acceptors (Lipinski definition) is 7. The highest BCUT2D eigenvalue weighted by Crippen LogP contribution is 2.29. The van der Waals surface area contributed by atoms with Crippen LogP contribution in [0.25, 0.3) is 0 Å². The molecule has 0 radical (unpaired) electrons. The lowest BCUT2D eigenvalue weighted by Crippen LogP contribution is -2.21. The van der Waals surface area contributed by atoms with Crippen LogP contribution in [0.3, 0.4) is 0 Å². The standard InChI is InChI=1S/C16H12Cl3N7O5/c1-8-14(25(28)29)16(26(30)31)22-24(8)7-13(27)20-15-12(19)6-23(21-15)5-9-10(17)3-2-4-11(9)18/h2-4,6H,5,7H2,1H3,(H,20,21,27). The van der Waals surface area contributed by atoms with Crippen LogP contribution in [-0.4, -0.2) is 35.3 Å². The Bertz CT molecular complexity index is 1190. The van der Waals surface area contributed by atoms with Crippen LogP contribution in [0.5, 0.6) is 0 Å². The quantitative estimate of drug-likeness (QED) is 0.391. The number of amides is 1. The van der Waals surface area contributed by atoms with E-state index < -0.39 is 33.8 Å². The summed E-state index contributed by atoms with van der Waals surface area (Å²) in [5, 5.41) is 33.2. The SMILES string of the molecule is Cc1c([N+](=O)[O-])c([N+](=O)[O-])nn1CC(=O)Nc1nn(Cc2c(Cl)cccc2Cl)cc1Cl. The summed E-state index contributed by atoms with van der Waals surface area (Å²) in [6, 6.07) is 5.03. The summed E-state index contributed by atoms with van der Waals surface area (Å²) in [4.78, 5) is 32.5. The Morgan fingerprint density at radius 2 is 1.74 bits per heavy atom. The monoisotopic (exact) mass is 487 g/mol. The average molecular weight is 489 g/mol. The zero-order valence-electron chi connectivity index (χ0n) is 15.6. The van der Waals surface area contributed by atoms with Gasteiger partial charge >= 0.3 is 11.5 Å². The number of anilines is 1. The van der Waals surface area contributed by atoms with Gasteiger partial charge in [-0.05, 0) is 24.0 Å². The van der Waals surface area contributed by atoms with Gasteiger partial charge < -0.3 is 15.4 Å². The number of nitrogens with zero attached hydrogens (tertiary/aromatic N) is 6. The number of hydrogen-bond donors (Lipinski definition) is 1. The van der Waals surface area contributed by atoms with E-state index in [1.165, 1.54) is 17.8 Å². The van der Waals surface area contributed by atoms with Gasteiger partial charge in [-0.15, -0.1) is 0 Å². The summed E-state index contributed by atoms with van der Waals surface area (Å²) in [5.74, 6) is -1.63. The number of halogens is 3. The van der Waals surface area contributed by atoms with E-state index in [9.17, 15) is 25.0 Å². The summed E-state index contributed by atoms with van der Waals surface area (Å²) >= 11 is 18.4. The molecular weight excluding hydrogens is 477 g/mol. The molecule has 0 aliphatic heterocycles. The molecule has 0 bridgehead atoms. The van der Waals surface area contributed by atoms with Crippen molar-refractivity contribution < 1.29 is 14.6 Å². The van der Waals surface area contributed by atoms with Crippen LogP contribution in [-0.2, 0) is 17.9 Å². The van der Waals surface area contributed by atoms with Crippen molar-refractivity contribution in [1.82, 2.24) is 19.6 Å². The van der Waals surface area contributed by atoms with Crippen LogP contribution < -0.4 is 5.32 Å². The zero-order valence-corrected chi connectivity index (χ0v) is 17.8. The number of nitro groups is 2. The lowest BCUT2D eigenvalue weighted by atomic mass is 10.2. The molecule has 0 aliphatic rings. The lowest BCUT2D eigenvalue weighted by Gasteiger charge is -2.06. The van der Waals surface area contributed by atoms with E-state index in [2.05, 4.69) is 15.5 Å². The first-order valence-corrected chi connectivity index (χ1v) is 9.53. The van der Waals surface area contributed by atoms with Gasteiger partial charge in [0.25, 0.3) is 0 Å². The summed E-state index contributed by atoms with van der Waals surface area (Å²) in [5.41, 5.74) is -0.316. The van der Waals surface area contributed by atoms with Crippen molar-refractivity contribution in [1.29, 1.82) is 0 Å². The van der Waals surface area contributed by atoms with E-state index in [1.807, 2.05) is 0 Å². The largest absolute Gasteiger partial charge is 0.468 e. The van der Waals surface area contributed by atoms with Gasteiger partial charge in [-0.3, -0.25) is 19.6 Å². The minimum absolute atomic E-state index is 0.0173. The Labute approximate surface area is 188 Å². The van der Waals surface area contributed by atoms with Crippen LogP contribution in [0.2, 0.25) is 15.1 Å². The van der Waals surface area contributed by atoms with Gasteiger partial charge in [-0.25, -0.2) is 0 Å². The Hall–Kier alpha value is -3.22. The first kappa shape index (κ1) is 22.5. The summed E-state index contributed by atoms with van der Waals surface area (Å²) in [6.07, 6.45) is 1.45. The third kappa shape index (κ3) is 4.76. The third-order valence-corrected chi connectivity index (χ3v) is 5.15. The van der Waals surface area contributed by atoms with Crippen molar-refractivity contribution >= 4 is 58.0 Å². The predicted octanol–water partition coefficient (Wildman–Crippen LogP) is 3.85. The molecule has 15 heteroatoms. The van der Waals surface area contributed by atoms with Gasteiger partial charge in [0.2, 0.25) is 5.91 Å². The number of aromatic nitrogens is 4. The number of carbonyl (C=O) groups excluding carboxylic acids is 1. The van der Waals surface area contributed by atoms with Crippen LogP contribution in [0.1, 0.15) is 11.3 Å². The molecular formula is C16H12Cl3N7O5. The molecule has 1 N–H and O–H groups in total. The summed E-state index contributed by atoms with van der Waals surface area (Å²) in [6.45, 7) is 0.908. The maximum absolute atomic E-state index is 12.4. The van der Waals surface area contributed by atoms with Gasteiger partial charge in [0.15, 0.2) is 5.82 Å². The molecule has 0 aliphatic carbocycles. The number of carbonyl (C=O) groups is 1. The average Bonchev–Trinajstić information content (AvgIpc) is 3.18. The molecule has 2 aromatic heterocycles. The van der Waals surface area contributed by atoms with Gasteiger partial charge in [0, 0.05) is 21.8 Å². The van der Waals surface area contributed by atoms with Crippen molar-refractivity contribution in [2.75, 3.05) is 5.32 Å². The van der Waals surface area contributed by atoms with Crippen LogP contribution in [0, 0.1) is 27.2 Å². The van der Waals surface area contributed by atoms with Crippen LogP contribution in [0.15, 0.2) is 24.4 Å². The predicted molar refractivity (Wildman–Crippen MR) is 112 cm³/mol. The molecule has 1 aromatic carbocycles. The minimum Gasteiger partial charge on any atom is -0.358 e. The van der Waals surface area contributed by atoms with E-state index in [0.717, 1.165) is 4.68 Å². The van der Waals surface area contributed by atoms with Crippen LogP contribution >= 0.6 is 34.8 Å². The second kappa shape index (κ2) is 8.88. The van der Waals surface area contributed by atoms with E-state index in [4.69, 9.17) is 34.8 Å². The Kier molecular flexibility index (Phi) is 6.43. The third-order valence-electron chi connectivity index (χ3n) is 4.16. The Balaban J connectivity index is 1.77. The fourth-order valence-electron chi connectivity index (χ4n) is 2.73. The molecule has 0 atom stereocenters. The van der Waals surface area contributed by atoms with E-state index in [0.29, 0.717) is 15.6 Å². The van der Waals surface area contributed by atoms with E-state index in [1.54, 1.807) is 18.2 Å². The Morgan fingerprint density at radius 3 is 2.29 bits per heavy atom. The zero-order chi connectivity index (χ0) is 22.9. The highest BCUT2D eigenvalue weighted by atomic mass is 35.5. The molecule has 3 aromatic rings. The molecule has 0 unspecified atom stereocenters. The maximum Gasteiger partial charge on any atom is 0.468 e. The number of rotatable bonds is 7. The number of benzene rings is 1. The second-order valence-corrected chi connectivity index (χ2v) is 7.42. The van der Waals surface area contributed by atoms with Crippen molar-refractivity contribution in [3.05, 3.63) is 70.9 Å². The molecule has 2 heterocycles. The molecule has 12 nitrogen and oxygen atoms in total. The topological polar surface area (TPSA) is 151 Å². The summed E-state index contributed by atoms with van der Waals surface area (Å²) < 4.78 is 2.28. The molecule has 31 heavy (non-hydrogen) atoms. The molecule has 0 saturated carbocycles.